The normalized spacial score (nSPS) is 18.4. The third-order valence-electron chi connectivity index (χ3n) is 1.49. The van der Waals surface area contributed by atoms with Gasteiger partial charge in [0.1, 0.15) is 6.29 Å². The van der Waals surface area contributed by atoms with Crippen molar-refractivity contribution in [2.24, 2.45) is 0 Å². The number of hydrogen-bond acceptors (Lipinski definition) is 2. The van der Waals surface area contributed by atoms with E-state index in [2.05, 4.69) is 5.32 Å². The van der Waals surface area contributed by atoms with E-state index in [0.29, 0.717) is 6.04 Å². The first-order valence-electron chi connectivity index (χ1n) is 3.44. The Hall–Kier alpha value is -0.370. The van der Waals surface area contributed by atoms with Gasteiger partial charge in [0, 0.05) is 6.04 Å². The Morgan fingerprint density at radius 1 is 1.78 bits per heavy atom. The summed E-state index contributed by atoms with van der Waals surface area (Å²) in [6.45, 7) is 1.99. The van der Waals surface area contributed by atoms with Crippen LogP contribution in [0.4, 0.5) is 0 Å². The highest BCUT2D eigenvalue weighted by molar-refractivity contribution is 5.67. The summed E-state index contributed by atoms with van der Waals surface area (Å²) >= 11 is 0. The van der Waals surface area contributed by atoms with Gasteiger partial charge in [0.25, 0.3) is 0 Å². The summed E-state index contributed by atoms with van der Waals surface area (Å²) in [5.74, 6) is 0. The monoisotopic (exact) mass is 126 g/mol. The lowest BCUT2D eigenvalue weighted by Gasteiger charge is -2.05. The minimum absolute atomic E-state index is 0.616. The maximum atomic E-state index is 10.2. The van der Waals surface area contributed by atoms with Crippen LogP contribution < -0.4 is 5.32 Å². The van der Waals surface area contributed by atoms with Gasteiger partial charge in [-0.25, -0.2) is 0 Å². The van der Waals surface area contributed by atoms with Gasteiger partial charge in [-0.3, -0.25) is 0 Å². The number of rotatable bonds is 4. The van der Waals surface area contributed by atoms with Crippen LogP contribution in [0.25, 0.3) is 0 Å². The SMILES string of the molecule is CC[C](C=O)NC1CC1. The van der Waals surface area contributed by atoms with Gasteiger partial charge in [0.15, 0.2) is 0 Å². The fourth-order valence-corrected chi connectivity index (χ4v) is 0.709. The third-order valence-corrected chi connectivity index (χ3v) is 1.49. The summed E-state index contributed by atoms with van der Waals surface area (Å²) in [6, 6.07) is 1.46. The van der Waals surface area contributed by atoms with E-state index in [1.807, 2.05) is 6.92 Å². The molecule has 0 unspecified atom stereocenters. The molecule has 1 radical (unpaired) electrons. The average Bonchev–Trinajstić information content (AvgIpc) is 2.66. The average molecular weight is 126 g/mol. The largest absolute Gasteiger partial charge is 0.301 e. The quantitative estimate of drug-likeness (QED) is 0.566. The maximum absolute atomic E-state index is 10.2. The highest BCUT2D eigenvalue weighted by atomic mass is 16.1. The van der Waals surface area contributed by atoms with E-state index >= 15 is 0 Å². The van der Waals surface area contributed by atoms with Crippen LogP contribution in [0.15, 0.2) is 0 Å². The first kappa shape index (κ1) is 6.75. The summed E-state index contributed by atoms with van der Waals surface area (Å²) < 4.78 is 0. The van der Waals surface area contributed by atoms with Gasteiger partial charge in [-0.2, -0.15) is 0 Å². The van der Waals surface area contributed by atoms with Gasteiger partial charge in [-0.05, 0) is 19.3 Å². The molecule has 0 spiro atoms. The minimum Gasteiger partial charge on any atom is -0.301 e. The van der Waals surface area contributed by atoms with Crippen molar-refractivity contribution >= 4 is 6.29 Å². The highest BCUT2D eigenvalue weighted by Crippen LogP contribution is 2.20. The summed E-state index contributed by atoms with van der Waals surface area (Å²) in [6.07, 6.45) is 4.22. The van der Waals surface area contributed by atoms with Crippen molar-refractivity contribution in [1.82, 2.24) is 5.32 Å². The number of carbonyl (C=O) groups excluding carboxylic acids is 1. The highest BCUT2D eigenvalue weighted by Gasteiger charge is 2.23. The van der Waals surface area contributed by atoms with Crippen LogP contribution in [0.2, 0.25) is 0 Å². The first-order chi connectivity index (χ1) is 4.36. The number of aldehydes is 1. The van der Waals surface area contributed by atoms with Gasteiger partial charge in [0.2, 0.25) is 0 Å². The topological polar surface area (TPSA) is 29.1 Å². The van der Waals surface area contributed by atoms with Crippen LogP contribution in [0.3, 0.4) is 0 Å². The lowest BCUT2D eigenvalue weighted by Crippen LogP contribution is -2.23. The predicted molar refractivity (Wildman–Crippen MR) is 35.8 cm³/mol. The predicted octanol–water partition coefficient (Wildman–Crippen LogP) is 0.879. The molecule has 0 amide bonds. The van der Waals surface area contributed by atoms with Crippen LogP contribution in [0.1, 0.15) is 26.2 Å². The van der Waals surface area contributed by atoms with Crippen molar-refractivity contribution in [2.45, 2.75) is 32.2 Å². The van der Waals surface area contributed by atoms with Crippen molar-refractivity contribution < 1.29 is 4.79 Å². The molecule has 51 valence electrons. The molecule has 0 atom stereocenters. The van der Waals surface area contributed by atoms with Crippen molar-refractivity contribution in [3.63, 3.8) is 0 Å². The van der Waals surface area contributed by atoms with Crippen LogP contribution in [-0.4, -0.2) is 12.3 Å². The Morgan fingerprint density at radius 3 is 2.78 bits per heavy atom. The van der Waals surface area contributed by atoms with Gasteiger partial charge >= 0.3 is 0 Å². The molecule has 0 aromatic heterocycles. The summed E-state index contributed by atoms with van der Waals surface area (Å²) in [7, 11) is 0. The van der Waals surface area contributed by atoms with Crippen LogP contribution in [-0.2, 0) is 4.79 Å². The van der Waals surface area contributed by atoms with Crippen molar-refractivity contribution in [3.05, 3.63) is 6.04 Å². The Bertz CT molecular complexity index is 99.1. The van der Waals surface area contributed by atoms with Gasteiger partial charge in [-0.15, -0.1) is 0 Å². The van der Waals surface area contributed by atoms with Crippen LogP contribution in [0.5, 0.6) is 0 Å². The Kier molecular flexibility index (Phi) is 2.22. The fraction of sp³-hybridized carbons (Fsp3) is 0.714. The second kappa shape index (κ2) is 2.97. The number of hydrogen-bond donors (Lipinski definition) is 1. The second-order valence-corrected chi connectivity index (χ2v) is 2.42. The molecule has 1 N–H and O–H groups in total. The van der Waals surface area contributed by atoms with Crippen LogP contribution >= 0.6 is 0 Å². The lowest BCUT2D eigenvalue weighted by molar-refractivity contribution is -0.107. The van der Waals surface area contributed by atoms with Crippen molar-refractivity contribution in [3.8, 4) is 0 Å². The zero-order valence-corrected chi connectivity index (χ0v) is 5.68. The molecule has 0 heterocycles. The van der Waals surface area contributed by atoms with E-state index < -0.39 is 0 Å². The molecule has 0 aromatic carbocycles. The molecular formula is C7H12NO. The third kappa shape index (κ3) is 2.14. The van der Waals surface area contributed by atoms with E-state index in [1.54, 1.807) is 0 Å². The smallest absolute Gasteiger partial charge is 0.142 e. The standard InChI is InChI=1S/C7H12NO/c1-2-6(5-9)8-7-3-4-7/h5,7-8H,2-4H2,1H3. The Balaban J connectivity index is 2.12. The molecule has 0 aliphatic heterocycles. The van der Waals surface area contributed by atoms with Gasteiger partial charge in [-0.1, -0.05) is 6.92 Å². The van der Waals surface area contributed by atoms with Gasteiger partial charge in [0.05, 0.1) is 6.04 Å². The molecule has 2 nitrogen and oxygen atoms in total. The Labute approximate surface area is 55.6 Å². The molecule has 0 bridgehead atoms. The summed E-state index contributed by atoms with van der Waals surface area (Å²) in [5.41, 5.74) is 0. The van der Waals surface area contributed by atoms with E-state index in [9.17, 15) is 4.79 Å². The first-order valence-corrected chi connectivity index (χ1v) is 3.44. The second-order valence-electron chi connectivity index (χ2n) is 2.42. The fourth-order valence-electron chi connectivity index (χ4n) is 0.709. The van der Waals surface area contributed by atoms with E-state index in [1.165, 1.54) is 12.8 Å². The van der Waals surface area contributed by atoms with E-state index in [-0.39, 0.29) is 0 Å². The maximum Gasteiger partial charge on any atom is 0.142 e. The zero-order chi connectivity index (χ0) is 6.69. The molecule has 9 heavy (non-hydrogen) atoms. The Morgan fingerprint density at radius 2 is 2.44 bits per heavy atom. The lowest BCUT2D eigenvalue weighted by atomic mass is 10.2. The van der Waals surface area contributed by atoms with Crippen molar-refractivity contribution in [1.29, 1.82) is 0 Å². The zero-order valence-electron chi connectivity index (χ0n) is 5.68. The summed E-state index contributed by atoms with van der Waals surface area (Å²) in [5, 5.41) is 3.14. The number of nitrogens with one attached hydrogen (secondary N) is 1. The molecule has 1 fully saturated rings. The summed E-state index contributed by atoms with van der Waals surface area (Å²) in [4.78, 5) is 10.2. The van der Waals surface area contributed by atoms with E-state index in [4.69, 9.17) is 0 Å². The molecular weight excluding hydrogens is 114 g/mol. The molecule has 0 saturated heterocycles. The van der Waals surface area contributed by atoms with Crippen molar-refractivity contribution in [2.75, 3.05) is 0 Å². The van der Waals surface area contributed by atoms with Crippen LogP contribution in [0, 0.1) is 6.04 Å². The molecule has 2 heteroatoms. The molecule has 1 aliphatic rings. The minimum atomic E-state index is 0.616. The molecule has 0 aromatic rings. The van der Waals surface area contributed by atoms with Gasteiger partial charge < -0.3 is 10.1 Å². The molecule has 1 rings (SSSR count). The molecule has 1 saturated carbocycles. The van der Waals surface area contributed by atoms with E-state index in [0.717, 1.165) is 18.7 Å². The molecule has 1 aliphatic carbocycles. The number of carbonyl (C=O) groups is 1.